The Hall–Kier alpha value is -4.71. The summed E-state index contributed by atoms with van der Waals surface area (Å²) in [5.74, 6) is 0.573. The van der Waals surface area contributed by atoms with Crippen molar-refractivity contribution in [1.82, 2.24) is 10.1 Å². The minimum Gasteiger partial charge on any atom is -0.481 e. The van der Waals surface area contributed by atoms with Gasteiger partial charge in [0.1, 0.15) is 17.2 Å². The molecule has 3 aromatic carbocycles. The van der Waals surface area contributed by atoms with Crippen molar-refractivity contribution in [3.05, 3.63) is 108 Å². The molecule has 0 saturated carbocycles. The lowest BCUT2D eigenvalue weighted by Crippen LogP contribution is -1.97. The molecule has 0 atom stereocenters. The molecule has 6 heteroatoms. The highest BCUT2D eigenvalue weighted by Gasteiger charge is 2.16. The number of carboxylic acid groups (broad SMARTS) is 1. The Bertz CT molecular complexity index is 1470. The molecule has 2 aromatic heterocycles. The quantitative estimate of drug-likeness (QED) is 0.248. The van der Waals surface area contributed by atoms with Gasteiger partial charge in [0.15, 0.2) is 5.76 Å². The van der Waals surface area contributed by atoms with Crippen molar-refractivity contribution < 1.29 is 14.4 Å². The van der Waals surface area contributed by atoms with E-state index in [1.54, 1.807) is 0 Å². The summed E-state index contributed by atoms with van der Waals surface area (Å²) in [6.07, 6.45) is 0.658. The molecule has 0 fully saturated rings. The molecule has 0 saturated heterocycles. The fourth-order valence-corrected chi connectivity index (χ4v) is 4.05. The van der Waals surface area contributed by atoms with Gasteiger partial charge < -0.3 is 14.9 Å². The maximum absolute atomic E-state index is 10.8. The Labute approximate surface area is 209 Å². The third-order valence-electron chi connectivity index (χ3n) is 6.00. The number of hydrogen-bond donors (Lipinski definition) is 2. The highest BCUT2D eigenvalue weighted by Crippen LogP contribution is 2.34. The van der Waals surface area contributed by atoms with Crippen LogP contribution in [0.5, 0.6) is 0 Å². The maximum Gasteiger partial charge on any atom is 0.303 e. The van der Waals surface area contributed by atoms with Gasteiger partial charge >= 0.3 is 5.97 Å². The molecule has 2 heterocycles. The van der Waals surface area contributed by atoms with Crippen LogP contribution in [0.3, 0.4) is 0 Å². The van der Waals surface area contributed by atoms with E-state index >= 15 is 0 Å². The molecule has 0 spiro atoms. The number of rotatable bonds is 8. The minimum absolute atomic E-state index is 0.132. The summed E-state index contributed by atoms with van der Waals surface area (Å²) in [5, 5.41) is 16.4. The van der Waals surface area contributed by atoms with Gasteiger partial charge in [-0.25, -0.2) is 4.98 Å². The van der Waals surface area contributed by atoms with Crippen LogP contribution in [0, 0.1) is 6.92 Å². The largest absolute Gasteiger partial charge is 0.481 e. The summed E-state index contributed by atoms with van der Waals surface area (Å²) >= 11 is 0. The summed E-state index contributed by atoms with van der Waals surface area (Å²) < 4.78 is 5.69. The molecule has 6 nitrogen and oxygen atoms in total. The van der Waals surface area contributed by atoms with Gasteiger partial charge in [0.25, 0.3) is 0 Å². The van der Waals surface area contributed by atoms with Gasteiger partial charge in [-0.05, 0) is 42.2 Å². The van der Waals surface area contributed by atoms with Crippen LogP contribution in [0.25, 0.3) is 33.7 Å². The average molecular weight is 476 g/mol. The highest BCUT2D eigenvalue weighted by atomic mass is 16.5. The highest BCUT2D eigenvalue weighted by molar-refractivity contribution is 5.79. The Morgan fingerprint density at radius 2 is 1.47 bits per heavy atom. The number of pyridine rings is 1. The van der Waals surface area contributed by atoms with Crippen LogP contribution in [0.4, 0.5) is 11.5 Å². The number of benzene rings is 3. The maximum atomic E-state index is 10.8. The number of nitrogens with zero attached hydrogens (tertiary/aromatic N) is 2. The lowest BCUT2D eigenvalue weighted by atomic mass is 10.0. The van der Waals surface area contributed by atoms with Gasteiger partial charge in [0, 0.05) is 17.5 Å². The second-order valence-corrected chi connectivity index (χ2v) is 8.54. The average Bonchev–Trinajstić information content (AvgIpc) is 3.28. The topological polar surface area (TPSA) is 88.2 Å². The molecule has 0 unspecified atom stereocenters. The molecule has 0 radical (unpaired) electrons. The van der Waals surface area contributed by atoms with E-state index in [9.17, 15) is 4.79 Å². The van der Waals surface area contributed by atoms with Gasteiger partial charge in [0.2, 0.25) is 0 Å². The van der Waals surface area contributed by atoms with Crippen molar-refractivity contribution in [2.75, 3.05) is 5.32 Å². The van der Waals surface area contributed by atoms with E-state index in [4.69, 9.17) is 14.6 Å². The van der Waals surface area contributed by atoms with E-state index in [1.807, 2.05) is 104 Å². The van der Waals surface area contributed by atoms with E-state index in [2.05, 4.69) is 10.5 Å². The third kappa shape index (κ3) is 5.18. The van der Waals surface area contributed by atoms with Crippen LogP contribution in [0.1, 0.15) is 17.7 Å². The number of hydrogen-bond acceptors (Lipinski definition) is 5. The first-order valence-corrected chi connectivity index (χ1v) is 11.7. The van der Waals surface area contributed by atoms with Crippen molar-refractivity contribution in [3.8, 4) is 33.7 Å². The number of aliphatic carboxylic acids is 1. The van der Waals surface area contributed by atoms with Crippen molar-refractivity contribution in [3.63, 3.8) is 0 Å². The lowest BCUT2D eigenvalue weighted by molar-refractivity contribution is -0.136. The number of anilines is 2. The fraction of sp³-hybridized carbons (Fsp3) is 0.100. The second-order valence-electron chi connectivity index (χ2n) is 8.54. The fourth-order valence-electron chi connectivity index (χ4n) is 4.05. The smallest absolute Gasteiger partial charge is 0.303 e. The Kier molecular flexibility index (Phi) is 6.58. The van der Waals surface area contributed by atoms with Crippen LogP contribution in [0.15, 0.2) is 102 Å². The molecule has 0 bridgehead atoms. The standard InChI is InChI=1S/C30H25N3O3/c1-20-29(32-27-9-5-8-26(31-27)24-6-3-2-4-7-24)30(36-33-20)25-17-15-23(16-18-25)22-13-10-21(11-14-22)12-19-28(34)35/h2-11,13-18H,12,19H2,1H3,(H,31,32)(H,34,35). The molecule has 5 rings (SSSR count). The summed E-state index contributed by atoms with van der Waals surface area (Å²) in [4.78, 5) is 15.6. The van der Waals surface area contributed by atoms with Crippen LogP contribution >= 0.6 is 0 Å². The van der Waals surface area contributed by atoms with Gasteiger partial charge in [-0.3, -0.25) is 4.79 Å². The van der Waals surface area contributed by atoms with E-state index in [0.29, 0.717) is 18.0 Å². The zero-order valence-electron chi connectivity index (χ0n) is 19.8. The predicted octanol–water partition coefficient (Wildman–Crippen LogP) is 7.14. The summed E-state index contributed by atoms with van der Waals surface area (Å²) in [5.41, 5.74) is 7.50. The summed E-state index contributed by atoms with van der Waals surface area (Å²) in [6.45, 7) is 1.90. The molecule has 2 N–H and O–H groups in total. The van der Waals surface area contributed by atoms with Crippen LogP contribution in [-0.2, 0) is 11.2 Å². The zero-order valence-corrected chi connectivity index (χ0v) is 19.8. The zero-order chi connectivity index (χ0) is 24.9. The number of carbonyl (C=O) groups is 1. The molecule has 0 aliphatic carbocycles. The van der Waals surface area contributed by atoms with Gasteiger partial charge in [0.05, 0.1) is 5.69 Å². The monoisotopic (exact) mass is 475 g/mol. The third-order valence-corrected chi connectivity index (χ3v) is 6.00. The molecule has 178 valence electrons. The van der Waals surface area contributed by atoms with E-state index in [0.717, 1.165) is 44.9 Å². The van der Waals surface area contributed by atoms with Gasteiger partial charge in [-0.15, -0.1) is 0 Å². The molecular formula is C30H25N3O3. The predicted molar refractivity (Wildman–Crippen MR) is 141 cm³/mol. The molecule has 0 aliphatic heterocycles. The van der Waals surface area contributed by atoms with E-state index in [1.165, 1.54) is 0 Å². The first-order valence-electron chi connectivity index (χ1n) is 11.7. The molecule has 0 amide bonds. The van der Waals surface area contributed by atoms with Crippen LogP contribution in [0.2, 0.25) is 0 Å². The minimum atomic E-state index is -0.786. The SMILES string of the molecule is Cc1noc(-c2ccc(-c3ccc(CCC(=O)O)cc3)cc2)c1Nc1cccc(-c2ccccc2)n1. The van der Waals surface area contributed by atoms with Crippen LogP contribution < -0.4 is 5.32 Å². The van der Waals surface area contributed by atoms with E-state index in [-0.39, 0.29) is 6.42 Å². The normalized spacial score (nSPS) is 10.8. The van der Waals surface area contributed by atoms with Gasteiger partial charge in [-0.2, -0.15) is 0 Å². The number of carboxylic acids is 1. The number of aromatic nitrogens is 2. The Morgan fingerprint density at radius 3 is 2.17 bits per heavy atom. The first-order chi connectivity index (χ1) is 17.6. The molecule has 5 aromatic rings. The number of nitrogens with one attached hydrogen (secondary N) is 1. The summed E-state index contributed by atoms with van der Waals surface area (Å²) in [6, 6.07) is 32.0. The molecule has 0 aliphatic rings. The second kappa shape index (κ2) is 10.3. The van der Waals surface area contributed by atoms with Crippen LogP contribution in [-0.4, -0.2) is 21.2 Å². The van der Waals surface area contributed by atoms with Gasteiger partial charge in [-0.1, -0.05) is 90.1 Å². The summed E-state index contributed by atoms with van der Waals surface area (Å²) in [7, 11) is 0. The molecule has 36 heavy (non-hydrogen) atoms. The Balaban J connectivity index is 1.36. The number of aryl methyl sites for hydroxylation is 2. The van der Waals surface area contributed by atoms with Crippen molar-refractivity contribution in [2.45, 2.75) is 19.8 Å². The molecular weight excluding hydrogens is 450 g/mol. The van der Waals surface area contributed by atoms with E-state index < -0.39 is 5.97 Å². The first kappa shape index (κ1) is 23.1. The van der Waals surface area contributed by atoms with Crippen molar-refractivity contribution in [1.29, 1.82) is 0 Å². The Morgan fingerprint density at radius 1 is 0.806 bits per heavy atom. The van der Waals surface area contributed by atoms with Crippen molar-refractivity contribution in [2.24, 2.45) is 0 Å². The van der Waals surface area contributed by atoms with Crippen molar-refractivity contribution >= 4 is 17.5 Å². The lowest BCUT2D eigenvalue weighted by Gasteiger charge is -2.09.